The van der Waals surface area contributed by atoms with E-state index in [0.29, 0.717) is 0 Å². The maximum atomic E-state index is 5.28. The third kappa shape index (κ3) is 3.75. The monoisotopic (exact) mass is 349 g/mol. The molecule has 0 amide bonds. The highest BCUT2D eigenvalue weighted by Crippen LogP contribution is 2.20. The van der Waals surface area contributed by atoms with Crippen LogP contribution in [0.15, 0.2) is 47.1 Å². The topological polar surface area (TPSA) is 58.3 Å². The van der Waals surface area contributed by atoms with Crippen LogP contribution in [0.3, 0.4) is 0 Å². The van der Waals surface area contributed by atoms with Gasteiger partial charge in [0.2, 0.25) is 0 Å². The summed E-state index contributed by atoms with van der Waals surface area (Å²) >= 11 is 0. The second-order valence-electron chi connectivity index (χ2n) is 6.76. The van der Waals surface area contributed by atoms with Gasteiger partial charge in [0.25, 0.3) is 0 Å². The zero-order valence-corrected chi connectivity index (χ0v) is 15.2. The molecule has 0 N–H and O–H groups in total. The predicted molar refractivity (Wildman–Crippen MR) is 101 cm³/mol. The minimum absolute atomic E-state index is 0.725. The summed E-state index contributed by atoms with van der Waals surface area (Å²) in [6.45, 7) is 8.64. The lowest BCUT2D eigenvalue weighted by Crippen LogP contribution is -2.46. The molecule has 2 aromatic heterocycles. The van der Waals surface area contributed by atoms with Gasteiger partial charge in [-0.05, 0) is 19.1 Å². The van der Waals surface area contributed by atoms with E-state index < -0.39 is 0 Å². The van der Waals surface area contributed by atoms with Gasteiger partial charge >= 0.3 is 0 Å². The van der Waals surface area contributed by atoms with Gasteiger partial charge in [-0.15, -0.1) is 10.2 Å². The molecule has 6 heteroatoms. The Labute approximate surface area is 153 Å². The molecule has 1 saturated heterocycles. The summed E-state index contributed by atoms with van der Waals surface area (Å²) in [4.78, 5) is 9.06. The third-order valence-corrected chi connectivity index (χ3v) is 4.75. The van der Waals surface area contributed by atoms with Crippen LogP contribution >= 0.6 is 0 Å². The first-order valence-corrected chi connectivity index (χ1v) is 8.96. The Balaban J connectivity index is 1.36. The van der Waals surface area contributed by atoms with Gasteiger partial charge in [0.05, 0.1) is 11.4 Å². The van der Waals surface area contributed by atoms with Crippen molar-refractivity contribution in [1.82, 2.24) is 20.1 Å². The summed E-state index contributed by atoms with van der Waals surface area (Å²) < 4.78 is 5.28. The molecule has 26 heavy (non-hydrogen) atoms. The van der Waals surface area contributed by atoms with Crippen molar-refractivity contribution in [2.24, 2.45) is 0 Å². The molecular formula is C20H23N5O. The Kier molecular flexibility index (Phi) is 4.67. The van der Waals surface area contributed by atoms with Crippen molar-refractivity contribution in [3.8, 4) is 11.3 Å². The van der Waals surface area contributed by atoms with Gasteiger partial charge in [0.15, 0.2) is 11.7 Å². The first kappa shape index (κ1) is 16.7. The predicted octanol–water partition coefficient (Wildman–Crippen LogP) is 3.07. The molecular weight excluding hydrogens is 326 g/mol. The van der Waals surface area contributed by atoms with E-state index in [1.54, 1.807) is 6.26 Å². The summed E-state index contributed by atoms with van der Waals surface area (Å²) in [7, 11) is 0. The molecule has 4 rings (SSSR count). The molecule has 0 unspecified atom stereocenters. The second kappa shape index (κ2) is 7.25. The summed E-state index contributed by atoms with van der Waals surface area (Å²) in [5, 5.41) is 8.86. The number of hydrogen-bond acceptors (Lipinski definition) is 6. The van der Waals surface area contributed by atoms with Gasteiger partial charge in [-0.2, -0.15) is 0 Å². The fourth-order valence-corrected chi connectivity index (χ4v) is 3.22. The lowest BCUT2D eigenvalue weighted by Gasteiger charge is -2.34. The Morgan fingerprint density at radius 1 is 0.923 bits per heavy atom. The first-order valence-electron chi connectivity index (χ1n) is 8.96. The van der Waals surface area contributed by atoms with Crippen LogP contribution in [0.2, 0.25) is 0 Å². The van der Waals surface area contributed by atoms with Crippen LogP contribution in [-0.4, -0.2) is 46.3 Å². The number of anilines is 1. The minimum atomic E-state index is 0.725. The van der Waals surface area contributed by atoms with Crippen molar-refractivity contribution >= 4 is 5.82 Å². The Morgan fingerprint density at radius 3 is 2.31 bits per heavy atom. The summed E-state index contributed by atoms with van der Waals surface area (Å²) in [5.41, 5.74) is 4.26. The van der Waals surface area contributed by atoms with E-state index in [1.807, 2.05) is 6.92 Å². The van der Waals surface area contributed by atoms with Crippen molar-refractivity contribution in [3.05, 3.63) is 59.8 Å². The molecule has 1 aliphatic heterocycles. The fraction of sp³-hybridized carbons (Fsp3) is 0.350. The van der Waals surface area contributed by atoms with E-state index >= 15 is 0 Å². The Morgan fingerprint density at radius 2 is 1.69 bits per heavy atom. The van der Waals surface area contributed by atoms with Gasteiger partial charge in [0.1, 0.15) is 6.26 Å². The standard InChI is InChI=1S/C20H23N5O/c1-15-3-5-17(6-4-15)19-7-8-20(23-22-19)25-11-9-24(10-12-25)13-18-14-26-16(2)21-18/h3-8,14H,9-13H2,1-2H3. The van der Waals surface area contributed by atoms with Gasteiger partial charge in [-0.25, -0.2) is 4.98 Å². The van der Waals surface area contributed by atoms with Gasteiger partial charge < -0.3 is 9.32 Å². The molecule has 3 aromatic rings. The molecule has 0 saturated carbocycles. The normalized spacial score (nSPS) is 15.4. The van der Waals surface area contributed by atoms with Crippen molar-refractivity contribution in [1.29, 1.82) is 0 Å². The van der Waals surface area contributed by atoms with Crippen LogP contribution in [0.25, 0.3) is 11.3 Å². The second-order valence-corrected chi connectivity index (χ2v) is 6.76. The smallest absolute Gasteiger partial charge is 0.191 e. The molecule has 134 valence electrons. The van der Waals surface area contributed by atoms with Gasteiger partial charge in [-0.1, -0.05) is 29.8 Å². The van der Waals surface area contributed by atoms with Crippen LogP contribution in [0, 0.1) is 13.8 Å². The molecule has 0 spiro atoms. The van der Waals surface area contributed by atoms with Gasteiger partial charge in [-0.3, -0.25) is 4.90 Å². The van der Waals surface area contributed by atoms with Crippen LogP contribution < -0.4 is 4.90 Å². The SMILES string of the molecule is Cc1ccc(-c2ccc(N3CCN(Cc4coc(C)n4)CC3)nn2)cc1. The van der Waals surface area contributed by atoms with E-state index in [2.05, 4.69) is 68.3 Å². The van der Waals surface area contributed by atoms with E-state index in [0.717, 1.165) is 61.4 Å². The number of benzene rings is 1. The maximum Gasteiger partial charge on any atom is 0.191 e. The van der Waals surface area contributed by atoms with Gasteiger partial charge in [0, 0.05) is 45.2 Å². The first-order chi connectivity index (χ1) is 12.7. The average molecular weight is 349 g/mol. The van der Waals surface area contributed by atoms with Crippen LogP contribution in [-0.2, 0) is 6.54 Å². The van der Waals surface area contributed by atoms with E-state index in [1.165, 1.54) is 5.56 Å². The largest absolute Gasteiger partial charge is 0.449 e. The molecule has 6 nitrogen and oxygen atoms in total. The van der Waals surface area contributed by atoms with Crippen molar-refractivity contribution in [3.63, 3.8) is 0 Å². The molecule has 0 atom stereocenters. The summed E-state index contributed by atoms with van der Waals surface area (Å²) in [5.74, 6) is 1.67. The summed E-state index contributed by atoms with van der Waals surface area (Å²) in [6.07, 6.45) is 1.75. The highest BCUT2D eigenvalue weighted by Gasteiger charge is 2.19. The van der Waals surface area contributed by atoms with E-state index in [9.17, 15) is 0 Å². The molecule has 1 aliphatic rings. The third-order valence-electron chi connectivity index (χ3n) is 4.75. The molecule has 0 radical (unpaired) electrons. The molecule has 3 heterocycles. The van der Waals surface area contributed by atoms with Crippen molar-refractivity contribution in [2.75, 3.05) is 31.1 Å². The lowest BCUT2D eigenvalue weighted by atomic mass is 10.1. The average Bonchev–Trinajstić information content (AvgIpc) is 3.08. The molecule has 0 bridgehead atoms. The number of rotatable bonds is 4. The number of hydrogen-bond donors (Lipinski definition) is 0. The number of oxazole rings is 1. The number of piperazine rings is 1. The minimum Gasteiger partial charge on any atom is -0.449 e. The zero-order chi connectivity index (χ0) is 17.9. The van der Waals surface area contributed by atoms with Crippen molar-refractivity contribution in [2.45, 2.75) is 20.4 Å². The van der Waals surface area contributed by atoms with Crippen LogP contribution in [0.4, 0.5) is 5.82 Å². The number of nitrogens with zero attached hydrogens (tertiary/aromatic N) is 5. The van der Waals surface area contributed by atoms with E-state index in [4.69, 9.17) is 4.42 Å². The fourth-order valence-electron chi connectivity index (χ4n) is 3.22. The quantitative estimate of drug-likeness (QED) is 0.721. The van der Waals surface area contributed by atoms with Crippen molar-refractivity contribution < 1.29 is 4.42 Å². The molecule has 1 fully saturated rings. The number of aryl methyl sites for hydroxylation is 2. The van der Waals surface area contributed by atoms with Crippen LogP contribution in [0.1, 0.15) is 17.1 Å². The molecule has 0 aliphatic carbocycles. The van der Waals surface area contributed by atoms with Crippen LogP contribution in [0.5, 0.6) is 0 Å². The number of aromatic nitrogens is 3. The zero-order valence-electron chi connectivity index (χ0n) is 15.2. The maximum absolute atomic E-state index is 5.28. The summed E-state index contributed by atoms with van der Waals surface area (Å²) in [6, 6.07) is 12.5. The Hall–Kier alpha value is -2.73. The highest BCUT2D eigenvalue weighted by molar-refractivity contribution is 5.60. The van der Waals surface area contributed by atoms with E-state index in [-0.39, 0.29) is 0 Å². The highest BCUT2D eigenvalue weighted by atomic mass is 16.3. The lowest BCUT2D eigenvalue weighted by molar-refractivity contribution is 0.246. The Bertz CT molecular complexity index is 849. The molecule has 1 aromatic carbocycles.